The lowest BCUT2D eigenvalue weighted by Gasteiger charge is -2.12. The largest absolute Gasteiger partial charge is 0.265 e. The van der Waals surface area contributed by atoms with E-state index in [1.165, 1.54) is 37.7 Å². The first-order valence-electron chi connectivity index (χ1n) is 18.0. The van der Waals surface area contributed by atoms with Crippen molar-refractivity contribution in [3.8, 4) is 45.3 Å². The zero-order valence-electron chi connectivity index (χ0n) is 29.1. The number of hydrogen-bond acceptors (Lipinski definition) is 5. The molecule has 0 aliphatic rings. The van der Waals surface area contributed by atoms with E-state index < -0.39 is 0 Å². The van der Waals surface area contributed by atoms with Crippen LogP contribution < -0.4 is 0 Å². The van der Waals surface area contributed by atoms with Crippen LogP contribution in [0.2, 0.25) is 0 Å². The highest BCUT2D eigenvalue weighted by atomic mass is 15.0. The first-order valence-corrected chi connectivity index (χ1v) is 18.0. The van der Waals surface area contributed by atoms with E-state index in [9.17, 15) is 0 Å². The monoisotopic (exact) mass is 689 g/mol. The highest BCUT2D eigenvalue weighted by molar-refractivity contribution is 6.26. The molecule has 0 saturated heterocycles. The van der Waals surface area contributed by atoms with E-state index in [1.54, 1.807) is 18.6 Å². The predicted octanol–water partition coefficient (Wildman–Crippen LogP) is 12.2. The van der Waals surface area contributed by atoms with Gasteiger partial charge in [0, 0.05) is 41.5 Å². The number of aromatic nitrogens is 5. The normalized spacial score (nSPS) is 11.3. The Morgan fingerprint density at radius 1 is 0.241 bits per heavy atom. The maximum absolute atomic E-state index is 5.14. The van der Waals surface area contributed by atoms with Crippen LogP contribution in [-0.4, -0.2) is 24.9 Å². The minimum atomic E-state index is 0.588. The average Bonchev–Trinajstić information content (AvgIpc) is 3.26. The molecule has 10 rings (SSSR count). The quantitative estimate of drug-likeness (QED) is 0.184. The van der Waals surface area contributed by atoms with Crippen LogP contribution in [-0.2, 0) is 0 Å². The van der Waals surface area contributed by atoms with Gasteiger partial charge in [-0.25, -0.2) is 15.0 Å². The van der Waals surface area contributed by atoms with Crippen LogP contribution in [0.1, 0.15) is 0 Å². The molecular weight excluding hydrogens is 659 g/mol. The Labute approximate surface area is 311 Å². The van der Waals surface area contributed by atoms with E-state index in [1.807, 2.05) is 24.4 Å². The fourth-order valence-electron chi connectivity index (χ4n) is 7.56. The Balaban J connectivity index is 1.28. The SMILES string of the molecule is c1cncc(-c2ccc(-c3nc(-c4ccncc4)nc(-c4ccc5c6ccccc6c6ccccc6c6ccccc6c6ccccc6c5c4)n3)cc2)c1. The Morgan fingerprint density at radius 2 is 0.630 bits per heavy atom. The second-order valence-corrected chi connectivity index (χ2v) is 13.3. The lowest BCUT2D eigenvalue weighted by Crippen LogP contribution is -2.00. The predicted molar refractivity (Wildman–Crippen MR) is 222 cm³/mol. The fraction of sp³-hybridized carbons (Fsp3) is 0. The van der Waals surface area contributed by atoms with Crippen LogP contribution in [0.5, 0.6) is 0 Å². The van der Waals surface area contributed by atoms with Crippen molar-refractivity contribution in [1.82, 2.24) is 24.9 Å². The van der Waals surface area contributed by atoms with Gasteiger partial charge in [0.15, 0.2) is 17.5 Å². The summed E-state index contributed by atoms with van der Waals surface area (Å²) in [6, 6.07) is 57.7. The van der Waals surface area contributed by atoms with Gasteiger partial charge in [0.1, 0.15) is 0 Å². The number of benzene rings is 6. The molecule has 0 spiro atoms. The van der Waals surface area contributed by atoms with E-state index in [0.29, 0.717) is 17.5 Å². The average molecular weight is 690 g/mol. The Hall–Kier alpha value is -7.37. The van der Waals surface area contributed by atoms with Gasteiger partial charge in [0.05, 0.1) is 0 Å². The molecule has 0 aliphatic carbocycles. The molecule has 0 N–H and O–H groups in total. The highest BCUT2D eigenvalue weighted by Crippen LogP contribution is 2.37. The van der Waals surface area contributed by atoms with Crippen molar-refractivity contribution in [3.63, 3.8) is 0 Å². The van der Waals surface area contributed by atoms with Gasteiger partial charge < -0.3 is 0 Å². The van der Waals surface area contributed by atoms with Gasteiger partial charge in [-0.3, -0.25) is 9.97 Å². The highest BCUT2D eigenvalue weighted by Gasteiger charge is 2.15. The first-order chi connectivity index (χ1) is 26.8. The Bertz CT molecular complexity index is 3010. The van der Waals surface area contributed by atoms with Crippen molar-refractivity contribution in [1.29, 1.82) is 0 Å². The van der Waals surface area contributed by atoms with Crippen molar-refractivity contribution in [2.24, 2.45) is 0 Å². The number of hydrogen-bond donors (Lipinski definition) is 0. The Morgan fingerprint density at radius 3 is 1.09 bits per heavy atom. The molecule has 0 fully saturated rings. The number of rotatable bonds is 4. The van der Waals surface area contributed by atoms with E-state index in [-0.39, 0.29) is 0 Å². The molecular formula is C49H31N5. The van der Waals surface area contributed by atoms with Crippen molar-refractivity contribution in [3.05, 3.63) is 189 Å². The van der Waals surface area contributed by atoms with Crippen LogP contribution in [0.25, 0.3) is 99.2 Å². The molecule has 0 unspecified atom stereocenters. The van der Waals surface area contributed by atoms with Crippen LogP contribution in [0, 0.1) is 0 Å². The zero-order chi connectivity index (χ0) is 35.8. The second-order valence-electron chi connectivity index (χ2n) is 13.3. The lowest BCUT2D eigenvalue weighted by atomic mass is 9.94. The summed E-state index contributed by atoms with van der Waals surface area (Å²) in [4.78, 5) is 23.8. The summed E-state index contributed by atoms with van der Waals surface area (Å²) in [6.45, 7) is 0. The van der Waals surface area contributed by atoms with Gasteiger partial charge in [-0.1, -0.05) is 140 Å². The molecule has 5 nitrogen and oxygen atoms in total. The van der Waals surface area contributed by atoms with Crippen molar-refractivity contribution in [2.45, 2.75) is 0 Å². The molecule has 0 radical (unpaired) electrons. The van der Waals surface area contributed by atoms with Gasteiger partial charge in [0.25, 0.3) is 0 Å². The van der Waals surface area contributed by atoms with E-state index >= 15 is 0 Å². The van der Waals surface area contributed by atoms with Gasteiger partial charge in [-0.05, 0) is 89.3 Å². The van der Waals surface area contributed by atoms with Crippen molar-refractivity contribution in [2.75, 3.05) is 0 Å². The van der Waals surface area contributed by atoms with Crippen LogP contribution >= 0.6 is 0 Å². The van der Waals surface area contributed by atoms with Gasteiger partial charge in [-0.2, -0.15) is 0 Å². The maximum Gasteiger partial charge on any atom is 0.164 e. The maximum atomic E-state index is 5.14. The van der Waals surface area contributed by atoms with E-state index in [2.05, 4.69) is 156 Å². The second kappa shape index (κ2) is 13.3. The smallest absolute Gasteiger partial charge is 0.164 e. The topological polar surface area (TPSA) is 64.5 Å². The summed E-state index contributed by atoms with van der Waals surface area (Å²) in [5.41, 5.74) is 4.80. The zero-order valence-corrected chi connectivity index (χ0v) is 29.1. The third kappa shape index (κ3) is 5.56. The van der Waals surface area contributed by atoms with E-state index in [4.69, 9.17) is 15.0 Å². The van der Waals surface area contributed by atoms with Crippen LogP contribution in [0.15, 0.2) is 189 Å². The summed E-state index contributed by atoms with van der Waals surface area (Å²) >= 11 is 0. The summed E-state index contributed by atoms with van der Waals surface area (Å²) in [7, 11) is 0. The third-order valence-electron chi connectivity index (χ3n) is 10.1. The van der Waals surface area contributed by atoms with Crippen LogP contribution in [0.3, 0.4) is 0 Å². The molecule has 54 heavy (non-hydrogen) atoms. The molecule has 0 saturated carbocycles. The summed E-state index contributed by atoms with van der Waals surface area (Å²) < 4.78 is 0. The molecule has 0 amide bonds. The van der Waals surface area contributed by atoms with Crippen LogP contribution in [0.4, 0.5) is 0 Å². The van der Waals surface area contributed by atoms with E-state index in [0.717, 1.165) is 44.0 Å². The lowest BCUT2D eigenvalue weighted by molar-refractivity contribution is 1.07. The molecule has 0 atom stereocenters. The van der Waals surface area contributed by atoms with Crippen molar-refractivity contribution >= 4 is 53.9 Å². The standard InChI is InChI=1S/C49H31N5/c1-2-13-39-37(11-1)38-12-3-4-14-40(38)42-16-7-8-18-44(42)46-30-35(23-24-45(46)43-17-6-5-15-41(39)43)49-53-47(52-48(54-49)34-25-28-50-29-26-34)33-21-19-32(20-22-33)36-10-9-27-51-31-36/h1-31H. The number of nitrogens with zero attached hydrogens (tertiary/aromatic N) is 5. The molecule has 252 valence electrons. The molecule has 10 aromatic rings. The molecule has 7 aromatic carbocycles. The summed E-state index contributed by atoms with van der Waals surface area (Å²) in [5.74, 6) is 1.78. The summed E-state index contributed by atoms with van der Waals surface area (Å²) in [6.07, 6.45) is 7.19. The Kier molecular flexibility index (Phi) is 7.73. The van der Waals surface area contributed by atoms with Crippen molar-refractivity contribution < 1.29 is 0 Å². The van der Waals surface area contributed by atoms with Gasteiger partial charge in [-0.15, -0.1) is 0 Å². The molecule has 3 aromatic heterocycles. The van der Waals surface area contributed by atoms with Gasteiger partial charge >= 0.3 is 0 Å². The third-order valence-corrected chi connectivity index (χ3v) is 10.1. The molecule has 0 aliphatic heterocycles. The minimum Gasteiger partial charge on any atom is -0.265 e. The summed E-state index contributed by atoms with van der Waals surface area (Å²) in [5, 5.41) is 11.7. The molecule has 3 heterocycles. The fourth-order valence-corrected chi connectivity index (χ4v) is 7.56. The first kappa shape index (κ1) is 31.4. The number of pyridine rings is 2. The number of fused-ring (bicyclic) bond motifs is 10. The van der Waals surface area contributed by atoms with Gasteiger partial charge in [0.2, 0.25) is 0 Å². The molecule has 5 heteroatoms. The molecule has 0 bridgehead atoms. The minimum absolute atomic E-state index is 0.588.